The molecular weight excluding hydrogens is 564 g/mol. The van der Waals surface area contributed by atoms with Crippen LogP contribution in [0.15, 0.2) is 97.2 Å². The summed E-state index contributed by atoms with van der Waals surface area (Å²) in [5.74, 6) is 2.25. The first-order chi connectivity index (χ1) is 20.4. The molecule has 0 aliphatic carbocycles. The molecule has 1 fully saturated rings. The van der Waals surface area contributed by atoms with Crippen molar-refractivity contribution in [3.05, 3.63) is 130 Å². The van der Waals surface area contributed by atoms with Gasteiger partial charge in [0.2, 0.25) is 0 Å². The van der Waals surface area contributed by atoms with Gasteiger partial charge >= 0.3 is 0 Å². The second kappa shape index (κ2) is 11.5. The standard InChI is InChI=1S/C34H31ClN4O2S/c1-21-20-28(23(3)38(21)31-10-7-8-29(35)22(31)2)33-32(30-9-5-6-19-36-30)37-34(42)39(33)24-11-13-26(14-12-24)41-27-17-15-25(40-4)16-18-27/h5-20,32-33H,1-4H3,(H,37,42)/t32-,33+/m1/s1. The Labute approximate surface area is 256 Å². The van der Waals surface area contributed by atoms with E-state index in [4.69, 9.17) is 38.3 Å². The molecule has 1 aliphatic rings. The molecule has 0 bridgehead atoms. The predicted octanol–water partition coefficient (Wildman–Crippen LogP) is 8.43. The maximum absolute atomic E-state index is 6.53. The number of aromatic nitrogens is 2. The number of anilines is 1. The molecule has 5 aromatic rings. The lowest BCUT2D eigenvalue weighted by atomic mass is 9.96. The monoisotopic (exact) mass is 594 g/mol. The number of halogens is 1. The lowest BCUT2D eigenvalue weighted by molar-refractivity contribution is 0.413. The topological polar surface area (TPSA) is 51.6 Å². The van der Waals surface area contributed by atoms with E-state index < -0.39 is 0 Å². The van der Waals surface area contributed by atoms with Crippen molar-refractivity contribution in [2.45, 2.75) is 32.9 Å². The average Bonchev–Trinajstić information content (AvgIpc) is 3.50. The minimum absolute atomic E-state index is 0.139. The van der Waals surface area contributed by atoms with Crippen molar-refractivity contribution in [2.24, 2.45) is 0 Å². The molecular formula is C34H31ClN4O2S. The maximum atomic E-state index is 6.53. The Balaban J connectivity index is 1.40. The van der Waals surface area contributed by atoms with Gasteiger partial charge in [-0.3, -0.25) is 4.98 Å². The van der Waals surface area contributed by atoms with E-state index >= 15 is 0 Å². The summed E-state index contributed by atoms with van der Waals surface area (Å²) in [6.07, 6.45) is 1.82. The molecule has 3 aromatic carbocycles. The van der Waals surface area contributed by atoms with Gasteiger partial charge in [-0.2, -0.15) is 0 Å². The van der Waals surface area contributed by atoms with E-state index in [1.165, 1.54) is 0 Å². The Kier molecular flexibility index (Phi) is 7.62. The molecule has 2 atom stereocenters. The second-order valence-electron chi connectivity index (χ2n) is 10.3. The highest BCUT2D eigenvalue weighted by Crippen LogP contribution is 2.44. The number of ether oxygens (including phenoxy) is 2. The zero-order valence-corrected chi connectivity index (χ0v) is 25.4. The van der Waals surface area contributed by atoms with E-state index in [0.717, 1.165) is 61.9 Å². The van der Waals surface area contributed by atoms with Crippen LogP contribution in [0, 0.1) is 20.8 Å². The van der Waals surface area contributed by atoms with Gasteiger partial charge in [-0.15, -0.1) is 0 Å². The highest BCUT2D eigenvalue weighted by molar-refractivity contribution is 7.80. The van der Waals surface area contributed by atoms with E-state index in [-0.39, 0.29) is 12.1 Å². The van der Waals surface area contributed by atoms with Crippen LogP contribution in [0.2, 0.25) is 5.02 Å². The zero-order valence-electron chi connectivity index (χ0n) is 23.8. The van der Waals surface area contributed by atoms with Gasteiger partial charge in [0.25, 0.3) is 0 Å². The molecule has 0 spiro atoms. The molecule has 0 amide bonds. The van der Waals surface area contributed by atoms with Crippen molar-refractivity contribution in [1.82, 2.24) is 14.9 Å². The van der Waals surface area contributed by atoms with E-state index in [2.05, 4.69) is 47.7 Å². The normalized spacial score (nSPS) is 16.4. The first-order valence-electron chi connectivity index (χ1n) is 13.7. The predicted molar refractivity (Wildman–Crippen MR) is 172 cm³/mol. The third-order valence-corrected chi connectivity index (χ3v) is 8.50. The molecule has 212 valence electrons. The van der Waals surface area contributed by atoms with E-state index in [0.29, 0.717) is 5.11 Å². The van der Waals surface area contributed by atoms with Gasteiger partial charge in [0.1, 0.15) is 17.2 Å². The lowest BCUT2D eigenvalue weighted by Crippen LogP contribution is -2.29. The van der Waals surface area contributed by atoms with Crippen LogP contribution in [0.3, 0.4) is 0 Å². The molecule has 42 heavy (non-hydrogen) atoms. The Morgan fingerprint density at radius 2 is 1.55 bits per heavy atom. The smallest absolute Gasteiger partial charge is 0.174 e. The fourth-order valence-corrected chi connectivity index (χ4v) is 6.22. The first-order valence-corrected chi connectivity index (χ1v) is 14.5. The fourth-order valence-electron chi connectivity index (χ4n) is 5.70. The molecule has 8 heteroatoms. The number of nitrogens with one attached hydrogen (secondary N) is 1. The Bertz CT molecular complexity index is 1740. The van der Waals surface area contributed by atoms with Gasteiger partial charge in [0, 0.05) is 34.0 Å². The van der Waals surface area contributed by atoms with Crippen LogP contribution in [0.5, 0.6) is 17.2 Å². The minimum Gasteiger partial charge on any atom is -0.497 e. The summed E-state index contributed by atoms with van der Waals surface area (Å²) in [4.78, 5) is 6.90. The van der Waals surface area contributed by atoms with Gasteiger partial charge in [-0.25, -0.2) is 0 Å². The molecule has 1 saturated heterocycles. The average molecular weight is 595 g/mol. The Morgan fingerprint density at radius 3 is 2.21 bits per heavy atom. The van der Waals surface area contributed by atoms with Crippen LogP contribution in [0.25, 0.3) is 5.69 Å². The molecule has 3 heterocycles. The van der Waals surface area contributed by atoms with Gasteiger partial charge < -0.3 is 24.3 Å². The third kappa shape index (κ3) is 5.10. The van der Waals surface area contributed by atoms with Crippen molar-refractivity contribution in [2.75, 3.05) is 12.0 Å². The molecule has 1 N–H and O–H groups in total. The third-order valence-electron chi connectivity index (χ3n) is 7.78. The number of hydrogen-bond donors (Lipinski definition) is 1. The van der Waals surface area contributed by atoms with E-state index in [1.54, 1.807) is 7.11 Å². The quantitative estimate of drug-likeness (QED) is 0.191. The summed E-state index contributed by atoms with van der Waals surface area (Å²) < 4.78 is 13.6. The number of benzene rings is 3. The van der Waals surface area contributed by atoms with Crippen LogP contribution in [0.1, 0.15) is 40.3 Å². The van der Waals surface area contributed by atoms with Crippen LogP contribution in [-0.4, -0.2) is 21.8 Å². The molecule has 6 nitrogen and oxygen atoms in total. The number of hydrogen-bond acceptors (Lipinski definition) is 4. The van der Waals surface area contributed by atoms with Crippen molar-refractivity contribution in [3.63, 3.8) is 0 Å². The zero-order chi connectivity index (χ0) is 29.4. The number of methoxy groups -OCH3 is 1. The van der Waals surface area contributed by atoms with Crippen molar-refractivity contribution in [1.29, 1.82) is 0 Å². The van der Waals surface area contributed by atoms with Gasteiger partial charge in [0.15, 0.2) is 5.11 Å². The summed E-state index contributed by atoms with van der Waals surface area (Å²) in [5, 5.41) is 4.96. The number of thiocarbonyl (C=S) groups is 1. The molecule has 0 unspecified atom stereocenters. The maximum Gasteiger partial charge on any atom is 0.174 e. The van der Waals surface area contributed by atoms with E-state index in [9.17, 15) is 0 Å². The largest absolute Gasteiger partial charge is 0.497 e. The van der Waals surface area contributed by atoms with Crippen LogP contribution in [0.4, 0.5) is 5.69 Å². The highest BCUT2D eigenvalue weighted by atomic mass is 35.5. The lowest BCUT2D eigenvalue weighted by Gasteiger charge is -2.28. The molecule has 2 aromatic heterocycles. The van der Waals surface area contributed by atoms with Crippen LogP contribution < -0.4 is 19.7 Å². The number of pyridine rings is 1. The summed E-state index contributed by atoms with van der Waals surface area (Å²) in [6.45, 7) is 6.34. The van der Waals surface area contributed by atoms with Crippen molar-refractivity contribution < 1.29 is 9.47 Å². The molecule has 6 rings (SSSR count). The highest BCUT2D eigenvalue weighted by Gasteiger charge is 2.42. The number of nitrogens with zero attached hydrogens (tertiary/aromatic N) is 3. The summed E-state index contributed by atoms with van der Waals surface area (Å²) in [5.41, 5.74) is 7.40. The second-order valence-corrected chi connectivity index (χ2v) is 11.1. The Hall–Kier alpha value is -4.33. The number of aryl methyl sites for hydroxylation is 1. The SMILES string of the molecule is COc1ccc(Oc2ccc(N3C(=S)N[C@H](c4ccccn4)[C@@H]3c3cc(C)n(-c4cccc(Cl)c4C)c3C)cc2)cc1. The van der Waals surface area contributed by atoms with Crippen molar-refractivity contribution >= 4 is 34.6 Å². The van der Waals surface area contributed by atoms with Crippen molar-refractivity contribution in [3.8, 4) is 22.9 Å². The van der Waals surface area contributed by atoms with Gasteiger partial charge in [-0.1, -0.05) is 23.7 Å². The summed E-state index contributed by atoms with van der Waals surface area (Å²) in [6, 6.07) is 29.5. The van der Waals surface area contributed by atoms with Crippen LogP contribution in [-0.2, 0) is 0 Å². The molecule has 0 saturated carbocycles. The molecule has 0 radical (unpaired) electrons. The number of rotatable bonds is 7. The Morgan fingerprint density at radius 1 is 0.857 bits per heavy atom. The molecule has 1 aliphatic heterocycles. The van der Waals surface area contributed by atoms with Crippen LogP contribution >= 0.6 is 23.8 Å². The summed E-state index contributed by atoms with van der Waals surface area (Å²) in [7, 11) is 1.65. The minimum atomic E-state index is -0.150. The fraction of sp³-hybridized carbons (Fsp3) is 0.176. The first kappa shape index (κ1) is 27.8. The summed E-state index contributed by atoms with van der Waals surface area (Å²) >= 11 is 12.5. The van der Waals surface area contributed by atoms with E-state index in [1.807, 2.05) is 85.1 Å². The van der Waals surface area contributed by atoms with Gasteiger partial charge in [0.05, 0.1) is 24.9 Å². The van der Waals surface area contributed by atoms with Gasteiger partial charge in [-0.05, 0) is 123 Å².